The maximum Gasteiger partial charge on any atom is 0.339 e. The topological polar surface area (TPSA) is 125 Å². The Hall–Kier alpha value is -3.42. The lowest BCUT2D eigenvalue weighted by Crippen LogP contribution is -2.30. The fourth-order valence-electron chi connectivity index (χ4n) is 2.31. The molecule has 3 N–H and O–H groups in total. The van der Waals surface area contributed by atoms with Crippen LogP contribution in [0.3, 0.4) is 0 Å². The van der Waals surface area contributed by atoms with E-state index in [-0.39, 0.29) is 11.3 Å². The fraction of sp³-hybridized carbons (Fsp3) is 0.263. The number of ether oxygens (including phenoxy) is 1. The Bertz CT molecular complexity index is 862. The molecule has 0 unspecified atom stereocenters. The van der Waals surface area contributed by atoms with E-state index in [1.807, 2.05) is 12.1 Å². The van der Waals surface area contributed by atoms with Crippen LogP contribution in [0.2, 0.25) is 0 Å². The molecule has 0 saturated carbocycles. The van der Waals surface area contributed by atoms with Crippen molar-refractivity contribution >= 4 is 28.9 Å². The van der Waals surface area contributed by atoms with Crippen LogP contribution in [0.1, 0.15) is 42.6 Å². The van der Waals surface area contributed by atoms with Gasteiger partial charge in [-0.05, 0) is 42.7 Å². The number of nitrogens with zero attached hydrogens (tertiary/aromatic N) is 1. The summed E-state index contributed by atoms with van der Waals surface area (Å²) in [4.78, 5) is 34.6. The minimum absolute atomic E-state index is 0.0585. The Labute approximate surface area is 156 Å². The third-order valence-corrected chi connectivity index (χ3v) is 3.96. The molecular weight excluding hydrogens is 350 g/mol. The third-order valence-electron chi connectivity index (χ3n) is 3.96. The van der Waals surface area contributed by atoms with E-state index in [4.69, 9.17) is 10.5 Å². The monoisotopic (exact) mass is 371 g/mol. The van der Waals surface area contributed by atoms with Crippen molar-refractivity contribution in [2.24, 2.45) is 0 Å². The average molecular weight is 371 g/mol. The molecule has 0 heterocycles. The SMILES string of the molecule is CC(C)c1ccc(NC(=O)[C@@H](C)OC(=O)c2ccc(N)c([N+](=O)[O-])c2)cc1. The van der Waals surface area contributed by atoms with Crippen molar-refractivity contribution in [3.05, 3.63) is 63.7 Å². The van der Waals surface area contributed by atoms with Crippen molar-refractivity contribution in [3.8, 4) is 0 Å². The number of nitro benzene ring substituents is 1. The van der Waals surface area contributed by atoms with E-state index in [2.05, 4.69) is 19.2 Å². The van der Waals surface area contributed by atoms with E-state index in [1.54, 1.807) is 12.1 Å². The molecule has 142 valence electrons. The zero-order valence-electron chi connectivity index (χ0n) is 15.3. The van der Waals surface area contributed by atoms with E-state index in [0.29, 0.717) is 11.6 Å². The highest BCUT2D eigenvalue weighted by atomic mass is 16.6. The maximum atomic E-state index is 12.2. The molecule has 0 aromatic heterocycles. The largest absolute Gasteiger partial charge is 0.449 e. The van der Waals surface area contributed by atoms with Gasteiger partial charge in [-0.15, -0.1) is 0 Å². The van der Waals surface area contributed by atoms with E-state index in [9.17, 15) is 19.7 Å². The van der Waals surface area contributed by atoms with Crippen LogP contribution in [-0.4, -0.2) is 22.9 Å². The molecule has 8 nitrogen and oxygen atoms in total. The van der Waals surface area contributed by atoms with Gasteiger partial charge in [0.05, 0.1) is 10.5 Å². The summed E-state index contributed by atoms with van der Waals surface area (Å²) in [6.45, 7) is 5.55. The Morgan fingerprint density at radius 1 is 1.11 bits per heavy atom. The molecule has 0 saturated heterocycles. The van der Waals surface area contributed by atoms with E-state index >= 15 is 0 Å². The highest BCUT2D eigenvalue weighted by molar-refractivity contribution is 5.97. The van der Waals surface area contributed by atoms with Gasteiger partial charge in [-0.1, -0.05) is 26.0 Å². The van der Waals surface area contributed by atoms with Gasteiger partial charge in [-0.25, -0.2) is 4.79 Å². The van der Waals surface area contributed by atoms with Crippen LogP contribution in [0.5, 0.6) is 0 Å². The van der Waals surface area contributed by atoms with Gasteiger partial charge in [0.25, 0.3) is 11.6 Å². The number of nitrogens with two attached hydrogens (primary N) is 1. The molecule has 0 aliphatic rings. The molecule has 1 amide bonds. The van der Waals surface area contributed by atoms with Crippen molar-refractivity contribution < 1.29 is 19.2 Å². The van der Waals surface area contributed by atoms with Gasteiger partial charge < -0.3 is 15.8 Å². The molecule has 0 fully saturated rings. The van der Waals surface area contributed by atoms with Crippen molar-refractivity contribution in [1.29, 1.82) is 0 Å². The minimum atomic E-state index is -1.08. The number of hydrogen-bond acceptors (Lipinski definition) is 6. The van der Waals surface area contributed by atoms with Gasteiger partial charge in [-0.3, -0.25) is 14.9 Å². The maximum absolute atomic E-state index is 12.2. The summed E-state index contributed by atoms with van der Waals surface area (Å²) in [6, 6.07) is 10.9. The van der Waals surface area contributed by atoms with Crippen molar-refractivity contribution in [2.75, 3.05) is 11.1 Å². The third kappa shape index (κ3) is 5.04. The summed E-state index contributed by atoms with van der Waals surface area (Å²) in [5.74, 6) is -0.986. The van der Waals surface area contributed by atoms with Gasteiger partial charge in [0.15, 0.2) is 6.10 Å². The predicted molar refractivity (Wildman–Crippen MR) is 102 cm³/mol. The Morgan fingerprint density at radius 3 is 2.30 bits per heavy atom. The number of nitrogens with one attached hydrogen (secondary N) is 1. The first-order chi connectivity index (χ1) is 12.7. The summed E-state index contributed by atoms with van der Waals surface area (Å²) in [5, 5.41) is 13.6. The second-order valence-corrected chi connectivity index (χ2v) is 6.34. The number of nitrogen functional groups attached to an aromatic ring is 1. The molecular formula is C19H21N3O5. The van der Waals surface area contributed by atoms with E-state index in [0.717, 1.165) is 11.6 Å². The lowest BCUT2D eigenvalue weighted by molar-refractivity contribution is -0.383. The molecule has 8 heteroatoms. The van der Waals surface area contributed by atoms with Crippen LogP contribution in [0.4, 0.5) is 17.1 Å². The zero-order valence-corrected chi connectivity index (χ0v) is 15.3. The van der Waals surface area contributed by atoms with Gasteiger partial charge in [0, 0.05) is 11.8 Å². The number of rotatable bonds is 6. The number of anilines is 2. The van der Waals surface area contributed by atoms with Crippen LogP contribution in [0.25, 0.3) is 0 Å². The van der Waals surface area contributed by atoms with Crippen LogP contribution < -0.4 is 11.1 Å². The molecule has 0 aliphatic carbocycles. The molecule has 0 radical (unpaired) electrons. The zero-order chi connectivity index (χ0) is 20.1. The van der Waals surface area contributed by atoms with Crippen molar-refractivity contribution in [3.63, 3.8) is 0 Å². The highest BCUT2D eigenvalue weighted by Gasteiger charge is 2.21. The van der Waals surface area contributed by atoms with Crippen LogP contribution in [0.15, 0.2) is 42.5 Å². The highest BCUT2D eigenvalue weighted by Crippen LogP contribution is 2.23. The first kappa shape index (κ1) is 19.9. The van der Waals surface area contributed by atoms with Crippen LogP contribution in [0, 0.1) is 10.1 Å². The van der Waals surface area contributed by atoms with Crippen LogP contribution in [-0.2, 0) is 9.53 Å². The Morgan fingerprint density at radius 2 is 1.74 bits per heavy atom. The fourth-order valence-corrected chi connectivity index (χ4v) is 2.31. The molecule has 0 spiro atoms. The summed E-state index contributed by atoms with van der Waals surface area (Å²) in [6.07, 6.45) is -1.08. The number of carbonyl (C=O) groups is 2. The Balaban J connectivity index is 2.02. The summed E-state index contributed by atoms with van der Waals surface area (Å²) >= 11 is 0. The molecule has 2 aromatic carbocycles. The minimum Gasteiger partial charge on any atom is -0.449 e. The smallest absolute Gasteiger partial charge is 0.339 e. The number of nitro groups is 1. The normalized spacial score (nSPS) is 11.7. The molecule has 1 atom stereocenters. The lowest BCUT2D eigenvalue weighted by Gasteiger charge is -2.14. The molecule has 0 aliphatic heterocycles. The molecule has 2 aromatic rings. The number of hydrogen-bond donors (Lipinski definition) is 2. The van der Waals surface area contributed by atoms with E-state index < -0.39 is 28.6 Å². The van der Waals surface area contributed by atoms with Crippen LogP contribution >= 0.6 is 0 Å². The average Bonchev–Trinajstić information content (AvgIpc) is 2.62. The number of benzene rings is 2. The second-order valence-electron chi connectivity index (χ2n) is 6.34. The second kappa shape index (κ2) is 8.31. The standard InChI is InChI=1S/C19H21N3O5/c1-11(2)13-4-7-15(8-5-13)21-18(23)12(3)27-19(24)14-6-9-16(20)17(10-14)22(25)26/h4-12H,20H2,1-3H3,(H,21,23)/t12-/m1/s1. The van der Waals surface area contributed by atoms with Gasteiger partial charge in [0.1, 0.15) is 5.69 Å². The van der Waals surface area contributed by atoms with Crippen molar-refractivity contribution in [2.45, 2.75) is 32.8 Å². The summed E-state index contributed by atoms with van der Waals surface area (Å²) < 4.78 is 5.09. The molecule has 27 heavy (non-hydrogen) atoms. The lowest BCUT2D eigenvalue weighted by atomic mass is 10.0. The summed E-state index contributed by atoms with van der Waals surface area (Å²) in [5.41, 5.74) is 6.70. The number of carbonyl (C=O) groups excluding carboxylic acids is 2. The number of esters is 1. The summed E-state index contributed by atoms with van der Waals surface area (Å²) in [7, 11) is 0. The van der Waals surface area contributed by atoms with E-state index in [1.165, 1.54) is 19.1 Å². The number of amides is 1. The predicted octanol–water partition coefficient (Wildman–Crippen LogP) is 3.48. The quantitative estimate of drug-likeness (QED) is 0.347. The van der Waals surface area contributed by atoms with Gasteiger partial charge in [-0.2, -0.15) is 0 Å². The first-order valence-corrected chi connectivity index (χ1v) is 8.34. The van der Waals surface area contributed by atoms with Gasteiger partial charge >= 0.3 is 5.97 Å². The molecule has 0 bridgehead atoms. The first-order valence-electron chi connectivity index (χ1n) is 8.34. The Kier molecular flexibility index (Phi) is 6.12. The van der Waals surface area contributed by atoms with Gasteiger partial charge in [0.2, 0.25) is 0 Å². The molecule has 2 rings (SSSR count). The van der Waals surface area contributed by atoms with Crippen molar-refractivity contribution in [1.82, 2.24) is 0 Å².